The molecule has 0 spiro atoms. The number of aliphatic hydroxyl groups is 3. The normalized spacial score (nSPS) is 31.7. The molecule has 96 valence electrons. The molecule has 0 unspecified atom stereocenters. The number of H-pyrrole nitrogens is 1. The van der Waals surface area contributed by atoms with Gasteiger partial charge in [0, 0.05) is 6.20 Å². The molecular formula is C9H11BN2O6. The zero-order valence-corrected chi connectivity index (χ0v) is 9.18. The topological polar surface area (TPSA) is 125 Å². The van der Waals surface area contributed by atoms with Gasteiger partial charge in [0.25, 0.3) is 0 Å². The van der Waals surface area contributed by atoms with Gasteiger partial charge >= 0.3 is 5.69 Å². The smallest absolute Gasteiger partial charge is 0.330 e. The molecule has 0 saturated carbocycles. The number of aromatic amines is 1. The molecule has 9 heteroatoms. The van der Waals surface area contributed by atoms with Crippen LogP contribution in [0.25, 0.3) is 0 Å². The molecular weight excluding hydrogens is 243 g/mol. The van der Waals surface area contributed by atoms with E-state index >= 15 is 0 Å². The van der Waals surface area contributed by atoms with Crippen molar-refractivity contribution in [2.75, 3.05) is 6.61 Å². The van der Waals surface area contributed by atoms with Crippen LogP contribution in [0.15, 0.2) is 15.8 Å². The summed E-state index contributed by atoms with van der Waals surface area (Å²) in [4.78, 5) is 24.6. The van der Waals surface area contributed by atoms with Crippen molar-refractivity contribution in [3.63, 3.8) is 0 Å². The zero-order chi connectivity index (χ0) is 13.4. The second-order valence-corrected chi connectivity index (χ2v) is 3.98. The minimum absolute atomic E-state index is 0.229. The number of hydrogen-bond donors (Lipinski definition) is 4. The van der Waals surface area contributed by atoms with Crippen molar-refractivity contribution in [1.82, 2.24) is 9.55 Å². The molecule has 0 aromatic carbocycles. The van der Waals surface area contributed by atoms with Gasteiger partial charge in [-0.15, -0.1) is 0 Å². The van der Waals surface area contributed by atoms with E-state index in [1.54, 1.807) is 0 Å². The largest absolute Gasteiger partial charge is 0.394 e. The average Bonchev–Trinajstić information content (AvgIpc) is 2.61. The van der Waals surface area contributed by atoms with Crippen molar-refractivity contribution >= 4 is 13.3 Å². The summed E-state index contributed by atoms with van der Waals surface area (Å²) in [6.45, 7) is -0.512. The van der Waals surface area contributed by atoms with Crippen LogP contribution in [0, 0.1) is 0 Å². The molecule has 1 aliphatic heterocycles. The van der Waals surface area contributed by atoms with Gasteiger partial charge < -0.3 is 20.1 Å². The quantitative estimate of drug-likeness (QED) is 0.398. The van der Waals surface area contributed by atoms with Crippen LogP contribution in [0.2, 0.25) is 0 Å². The highest BCUT2D eigenvalue weighted by molar-refractivity contribution is 6.31. The molecule has 8 nitrogen and oxygen atoms in total. The van der Waals surface area contributed by atoms with Crippen molar-refractivity contribution < 1.29 is 20.1 Å². The second kappa shape index (κ2) is 4.69. The minimum Gasteiger partial charge on any atom is -0.394 e. The number of hydrogen-bond acceptors (Lipinski definition) is 6. The van der Waals surface area contributed by atoms with Gasteiger partial charge in [-0.2, -0.15) is 0 Å². The van der Waals surface area contributed by atoms with Gasteiger partial charge in [-0.25, -0.2) is 4.79 Å². The van der Waals surface area contributed by atoms with E-state index in [4.69, 9.17) is 17.7 Å². The summed E-state index contributed by atoms with van der Waals surface area (Å²) in [5, 5.41) is 28.2. The lowest BCUT2D eigenvalue weighted by molar-refractivity contribution is -0.0549. The highest BCUT2D eigenvalue weighted by atomic mass is 16.6. The van der Waals surface area contributed by atoms with E-state index < -0.39 is 42.4 Å². The Balaban J connectivity index is 2.42. The molecule has 2 rings (SSSR count). The third-order valence-electron chi connectivity index (χ3n) is 2.79. The fraction of sp³-hybridized carbons (Fsp3) is 0.556. The van der Waals surface area contributed by atoms with Crippen LogP contribution in [-0.2, 0) is 4.74 Å². The summed E-state index contributed by atoms with van der Waals surface area (Å²) in [7, 11) is 5.35. The van der Waals surface area contributed by atoms with Gasteiger partial charge in [0.05, 0.1) is 6.61 Å². The van der Waals surface area contributed by atoms with Gasteiger partial charge in [-0.1, -0.05) is 0 Å². The number of ether oxygens (including phenoxy) is 1. The monoisotopic (exact) mass is 254 g/mol. The van der Waals surface area contributed by atoms with Crippen LogP contribution in [0.3, 0.4) is 0 Å². The van der Waals surface area contributed by atoms with E-state index in [2.05, 4.69) is 0 Å². The van der Waals surface area contributed by atoms with Crippen LogP contribution in [0.4, 0.5) is 0 Å². The maximum atomic E-state index is 11.5. The van der Waals surface area contributed by atoms with Crippen molar-refractivity contribution in [2.24, 2.45) is 0 Å². The summed E-state index contributed by atoms with van der Waals surface area (Å²) in [5.74, 6) is 0. The Morgan fingerprint density at radius 3 is 2.61 bits per heavy atom. The van der Waals surface area contributed by atoms with Crippen LogP contribution in [0.1, 0.15) is 6.23 Å². The SMILES string of the molecule is [B]c1cn([C@@H]2O[C@H](CO)[C@@H](O)[C@H]2O)c(=O)[nH]c1=O. The van der Waals surface area contributed by atoms with E-state index in [9.17, 15) is 19.8 Å². The van der Waals surface area contributed by atoms with Crippen molar-refractivity contribution in [1.29, 1.82) is 0 Å². The number of aromatic nitrogens is 2. The van der Waals surface area contributed by atoms with Crippen LogP contribution in [0.5, 0.6) is 0 Å². The highest BCUT2D eigenvalue weighted by Gasteiger charge is 2.43. The number of rotatable bonds is 2. The first-order valence-corrected chi connectivity index (χ1v) is 5.19. The molecule has 4 N–H and O–H groups in total. The Labute approximate surface area is 102 Å². The molecule has 0 aliphatic carbocycles. The first-order chi connectivity index (χ1) is 8.45. The van der Waals surface area contributed by atoms with Gasteiger partial charge in [0.2, 0.25) is 5.56 Å². The molecule has 1 saturated heterocycles. The summed E-state index contributed by atoms with van der Waals surface area (Å²) in [6.07, 6.45) is -3.96. The lowest BCUT2D eigenvalue weighted by atomic mass is 10.0. The predicted octanol–water partition coefficient (Wildman–Crippen LogP) is -4.06. The van der Waals surface area contributed by atoms with E-state index in [0.717, 1.165) is 10.8 Å². The Hall–Kier alpha value is -1.42. The number of nitrogens with one attached hydrogen (secondary N) is 1. The third-order valence-corrected chi connectivity index (χ3v) is 2.79. The Bertz CT molecular complexity index is 555. The van der Waals surface area contributed by atoms with Crippen molar-refractivity contribution in [2.45, 2.75) is 24.5 Å². The Morgan fingerprint density at radius 2 is 2.06 bits per heavy atom. The minimum atomic E-state index is -1.41. The van der Waals surface area contributed by atoms with Gasteiger partial charge in [-0.3, -0.25) is 14.3 Å². The first kappa shape index (κ1) is 13.0. The third kappa shape index (κ3) is 2.01. The number of aliphatic hydroxyl groups excluding tert-OH is 3. The van der Waals surface area contributed by atoms with Crippen LogP contribution in [-0.4, -0.2) is 57.6 Å². The molecule has 1 fully saturated rings. The molecule has 1 aromatic rings. The van der Waals surface area contributed by atoms with Gasteiger partial charge in [0.15, 0.2) is 6.23 Å². The molecule has 0 amide bonds. The number of nitrogens with zero attached hydrogens (tertiary/aromatic N) is 1. The molecule has 0 bridgehead atoms. The first-order valence-electron chi connectivity index (χ1n) is 5.19. The summed E-state index contributed by atoms with van der Waals surface area (Å²) in [6, 6.07) is 0. The maximum absolute atomic E-state index is 11.5. The molecule has 2 heterocycles. The van der Waals surface area contributed by atoms with Crippen molar-refractivity contribution in [3.8, 4) is 0 Å². The average molecular weight is 254 g/mol. The molecule has 1 aliphatic rings. The van der Waals surface area contributed by atoms with Crippen LogP contribution < -0.4 is 16.7 Å². The summed E-state index contributed by atoms with van der Waals surface area (Å²) >= 11 is 0. The van der Waals surface area contributed by atoms with Crippen LogP contribution >= 0.6 is 0 Å². The predicted molar refractivity (Wildman–Crippen MR) is 59.7 cm³/mol. The Kier molecular flexibility index (Phi) is 3.39. The molecule has 2 radical (unpaired) electrons. The molecule has 1 aromatic heterocycles. The van der Waals surface area contributed by atoms with E-state index in [-0.39, 0.29) is 5.46 Å². The second-order valence-electron chi connectivity index (χ2n) is 3.98. The van der Waals surface area contributed by atoms with Gasteiger partial charge in [-0.05, 0) is 5.46 Å². The Morgan fingerprint density at radius 1 is 1.39 bits per heavy atom. The van der Waals surface area contributed by atoms with Crippen molar-refractivity contribution in [3.05, 3.63) is 27.0 Å². The molecule has 4 atom stereocenters. The van der Waals surface area contributed by atoms with Gasteiger partial charge in [0.1, 0.15) is 26.2 Å². The zero-order valence-electron chi connectivity index (χ0n) is 9.18. The fourth-order valence-corrected chi connectivity index (χ4v) is 1.80. The van der Waals surface area contributed by atoms with E-state index in [0.29, 0.717) is 0 Å². The van der Waals surface area contributed by atoms with E-state index in [1.165, 1.54) is 0 Å². The summed E-state index contributed by atoms with van der Waals surface area (Å²) < 4.78 is 5.99. The van der Waals surface area contributed by atoms with E-state index in [1.807, 2.05) is 4.98 Å². The maximum Gasteiger partial charge on any atom is 0.330 e. The highest BCUT2D eigenvalue weighted by Crippen LogP contribution is 2.27. The standard InChI is InChI=1S/C9H11BN2O6/c10-3-1-12(9(17)11-7(3)16)8-6(15)5(14)4(2-13)18-8/h1,4-6,8,13-15H,2H2,(H,11,16,17)/t4-,5-,6-,8-/m1/s1. The lowest BCUT2D eigenvalue weighted by Crippen LogP contribution is -2.43. The lowest BCUT2D eigenvalue weighted by Gasteiger charge is -2.17. The fourth-order valence-electron chi connectivity index (χ4n) is 1.80. The molecule has 18 heavy (non-hydrogen) atoms. The summed E-state index contributed by atoms with van der Waals surface area (Å²) in [5.41, 5.74) is -1.81.